The van der Waals surface area contributed by atoms with Crippen molar-refractivity contribution in [3.63, 3.8) is 0 Å². The van der Waals surface area contributed by atoms with Crippen molar-refractivity contribution in [3.8, 4) is 5.75 Å². The minimum absolute atomic E-state index is 0.0104. The molecule has 188 valence electrons. The lowest BCUT2D eigenvalue weighted by Crippen LogP contribution is -2.29. The van der Waals surface area contributed by atoms with Crippen molar-refractivity contribution in [2.24, 2.45) is 0 Å². The second-order valence-electron chi connectivity index (χ2n) is 7.67. The molecule has 0 saturated carbocycles. The summed E-state index contributed by atoms with van der Waals surface area (Å²) in [6.07, 6.45) is 8.17. The molecule has 2 rings (SSSR count). The molecule has 35 heavy (non-hydrogen) atoms. The van der Waals surface area contributed by atoms with Gasteiger partial charge in [-0.25, -0.2) is 9.37 Å². The molecule has 1 aromatic heterocycles. The van der Waals surface area contributed by atoms with Crippen LogP contribution in [0.5, 0.6) is 5.75 Å². The first-order valence-electron chi connectivity index (χ1n) is 11.0. The lowest BCUT2D eigenvalue weighted by atomic mass is 10.2. The third-order valence-electron chi connectivity index (χ3n) is 4.51. The predicted octanol–water partition coefficient (Wildman–Crippen LogP) is 5.14. The van der Waals surface area contributed by atoms with E-state index >= 15 is 0 Å². The Kier molecular flexibility index (Phi) is 11.2. The first-order valence-corrected chi connectivity index (χ1v) is 11.4. The molecule has 8 nitrogen and oxygen atoms in total. The number of rotatable bonds is 12. The molecule has 0 bridgehead atoms. The van der Waals surface area contributed by atoms with E-state index in [1.54, 1.807) is 32.1 Å². The summed E-state index contributed by atoms with van der Waals surface area (Å²) in [5.41, 5.74) is 1.98. The van der Waals surface area contributed by atoms with Crippen molar-refractivity contribution in [1.29, 1.82) is 0 Å². The van der Waals surface area contributed by atoms with E-state index < -0.39 is 11.4 Å². The Labute approximate surface area is 209 Å². The number of carbonyl (C=O) groups is 1. The van der Waals surface area contributed by atoms with Crippen LogP contribution < -0.4 is 20.9 Å². The number of hydrogen-bond donors (Lipinski definition) is 2. The summed E-state index contributed by atoms with van der Waals surface area (Å²) in [7, 11) is 1.48. The number of allylic oxidation sites excluding steroid dienone is 5. The third kappa shape index (κ3) is 8.70. The molecular weight excluding hydrogens is 475 g/mol. The van der Waals surface area contributed by atoms with Crippen LogP contribution in [0.1, 0.15) is 27.2 Å². The van der Waals surface area contributed by atoms with Crippen molar-refractivity contribution in [1.82, 2.24) is 9.55 Å². The van der Waals surface area contributed by atoms with Gasteiger partial charge in [-0.15, -0.1) is 0 Å². The minimum atomic E-state index is -0.554. The first kappa shape index (κ1) is 27.8. The van der Waals surface area contributed by atoms with Gasteiger partial charge in [0.05, 0.1) is 31.9 Å². The quantitative estimate of drug-likeness (QED) is 0.388. The monoisotopic (exact) mass is 504 g/mol. The van der Waals surface area contributed by atoms with Crippen LogP contribution in [0, 0.1) is 5.82 Å². The SMILES string of the molecule is C\C=C/C(=C\C=C\Cl)Cn1c(Nc2ccc(OC(C)C)c(F)c2)ncc(NC(=O)CCOC)c1=O. The minimum Gasteiger partial charge on any atom is -0.488 e. The molecule has 0 fully saturated rings. The summed E-state index contributed by atoms with van der Waals surface area (Å²) in [4.78, 5) is 29.8. The molecule has 0 saturated heterocycles. The molecule has 2 aromatic rings. The van der Waals surface area contributed by atoms with Crippen LogP contribution in [0.3, 0.4) is 0 Å². The van der Waals surface area contributed by atoms with E-state index in [2.05, 4.69) is 15.6 Å². The van der Waals surface area contributed by atoms with Gasteiger partial charge in [-0.1, -0.05) is 35.9 Å². The average molecular weight is 505 g/mol. The Balaban J connectivity index is 2.47. The highest BCUT2D eigenvalue weighted by Crippen LogP contribution is 2.24. The number of nitrogens with zero attached hydrogens (tertiary/aromatic N) is 2. The molecule has 0 spiro atoms. The molecule has 0 aliphatic carbocycles. The van der Waals surface area contributed by atoms with Crippen LogP contribution in [0.25, 0.3) is 0 Å². The molecule has 1 amide bonds. The fourth-order valence-electron chi connectivity index (χ4n) is 3.01. The number of nitrogens with one attached hydrogen (secondary N) is 2. The Morgan fingerprint density at radius 1 is 1.34 bits per heavy atom. The van der Waals surface area contributed by atoms with Crippen LogP contribution in [0.2, 0.25) is 0 Å². The second-order valence-corrected chi connectivity index (χ2v) is 7.93. The zero-order chi connectivity index (χ0) is 25.8. The molecule has 0 aliphatic rings. The van der Waals surface area contributed by atoms with Crippen molar-refractivity contribution < 1.29 is 18.7 Å². The Bertz CT molecular complexity index is 1160. The summed E-state index contributed by atoms with van der Waals surface area (Å²) in [6, 6.07) is 4.38. The van der Waals surface area contributed by atoms with Gasteiger partial charge in [0.1, 0.15) is 5.69 Å². The lowest BCUT2D eigenvalue weighted by molar-refractivity contribution is -0.117. The standard InChI is InChI=1S/C25H30ClFN4O4/c1-5-7-18(8-6-12-26)16-31-24(33)21(30-23(32)11-13-34-4)15-28-25(31)29-19-9-10-22(20(27)14-19)35-17(2)3/h5-10,12,14-15,17H,11,13,16H2,1-4H3,(H,28,29)(H,30,32)/b7-5-,12-6+,18-8+. The molecule has 1 aromatic carbocycles. The molecule has 0 radical (unpaired) electrons. The van der Waals surface area contributed by atoms with Gasteiger partial charge in [0.2, 0.25) is 11.9 Å². The van der Waals surface area contributed by atoms with Gasteiger partial charge in [0.25, 0.3) is 5.56 Å². The van der Waals surface area contributed by atoms with Gasteiger partial charge in [-0.2, -0.15) is 0 Å². The molecule has 0 atom stereocenters. The highest BCUT2D eigenvalue weighted by atomic mass is 35.5. The van der Waals surface area contributed by atoms with Crippen molar-refractivity contribution >= 4 is 34.8 Å². The molecule has 1 heterocycles. The highest BCUT2D eigenvalue weighted by Gasteiger charge is 2.15. The van der Waals surface area contributed by atoms with Crippen molar-refractivity contribution in [3.05, 3.63) is 76.0 Å². The van der Waals surface area contributed by atoms with Crippen LogP contribution in [-0.4, -0.2) is 35.3 Å². The van der Waals surface area contributed by atoms with Gasteiger partial charge >= 0.3 is 0 Å². The number of anilines is 3. The van der Waals surface area contributed by atoms with E-state index in [-0.39, 0.29) is 49.0 Å². The smallest absolute Gasteiger partial charge is 0.279 e. The second kappa shape index (κ2) is 14.1. The number of amides is 1. The number of methoxy groups -OCH3 is 1. The maximum absolute atomic E-state index is 14.5. The largest absolute Gasteiger partial charge is 0.488 e. The van der Waals surface area contributed by atoms with Gasteiger partial charge in [-0.3, -0.25) is 14.2 Å². The fourth-order valence-corrected chi connectivity index (χ4v) is 3.08. The van der Waals surface area contributed by atoms with Crippen LogP contribution >= 0.6 is 11.6 Å². The summed E-state index contributed by atoms with van der Waals surface area (Å²) in [5, 5.41) is 5.55. The normalized spacial score (nSPS) is 12.0. The number of hydrogen-bond acceptors (Lipinski definition) is 6. The first-order chi connectivity index (χ1) is 16.8. The highest BCUT2D eigenvalue weighted by molar-refractivity contribution is 6.25. The van der Waals surface area contributed by atoms with Gasteiger partial charge in [0, 0.05) is 24.4 Å². The summed E-state index contributed by atoms with van der Waals surface area (Å²) >= 11 is 5.66. The Morgan fingerprint density at radius 3 is 2.74 bits per heavy atom. The van der Waals surface area contributed by atoms with Crippen molar-refractivity contribution in [2.75, 3.05) is 24.4 Å². The average Bonchev–Trinajstić information content (AvgIpc) is 2.81. The lowest BCUT2D eigenvalue weighted by Gasteiger charge is -2.17. The van der Waals surface area contributed by atoms with E-state index in [0.717, 1.165) is 5.57 Å². The molecular formula is C25H30ClFN4O4. The molecule has 0 unspecified atom stereocenters. The predicted molar refractivity (Wildman–Crippen MR) is 137 cm³/mol. The van der Waals surface area contributed by atoms with Crippen molar-refractivity contribution in [2.45, 2.75) is 39.8 Å². The molecule has 2 N–H and O–H groups in total. The van der Waals surface area contributed by atoms with Gasteiger partial charge in [-0.05, 0) is 38.5 Å². The van der Waals surface area contributed by atoms with E-state index in [1.807, 2.05) is 19.1 Å². The Morgan fingerprint density at radius 2 is 2.11 bits per heavy atom. The van der Waals surface area contributed by atoms with Crippen LogP contribution in [0.15, 0.2) is 64.6 Å². The summed E-state index contributed by atoms with van der Waals surface area (Å²) in [6.45, 7) is 5.78. The third-order valence-corrected chi connectivity index (χ3v) is 4.66. The maximum Gasteiger partial charge on any atom is 0.279 e. The zero-order valence-corrected chi connectivity index (χ0v) is 20.9. The number of aromatic nitrogens is 2. The zero-order valence-electron chi connectivity index (χ0n) is 20.2. The molecule has 0 aliphatic heterocycles. The summed E-state index contributed by atoms with van der Waals surface area (Å²) < 4.78 is 26.2. The fraction of sp³-hybridized carbons (Fsp3) is 0.320. The maximum atomic E-state index is 14.5. The van der Waals surface area contributed by atoms with E-state index in [1.165, 1.54) is 35.5 Å². The van der Waals surface area contributed by atoms with Gasteiger partial charge < -0.3 is 20.1 Å². The summed E-state index contributed by atoms with van der Waals surface area (Å²) in [5.74, 6) is -0.653. The van der Waals surface area contributed by atoms with Gasteiger partial charge in [0.15, 0.2) is 11.6 Å². The van der Waals surface area contributed by atoms with Crippen LogP contribution in [0.4, 0.5) is 21.7 Å². The van der Waals surface area contributed by atoms with Crippen LogP contribution in [-0.2, 0) is 16.1 Å². The topological polar surface area (TPSA) is 94.5 Å². The van der Waals surface area contributed by atoms with E-state index in [0.29, 0.717) is 5.69 Å². The van der Waals surface area contributed by atoms with E-state index in [4.69, 9.17) is 21.1 Å². The number of carbonyl (C=O) groups excluding carboxylic acids is 1. The number of halogens is 2. The number of ether oxygens (including phenoxy) is 2. The van der Waals surface area contributed by atoms with E-state index in [9.17, 15) is 14.0 Å². The number of benzene rings is 1. The Hall–Kier alpha value is -3.43. The molecule has 10 heteroatoms.